The predicted molar refractivity (Wildman–Crippen MR) is 93.8 cm³/mol. The van der Waals surface area contributed by atoms with Gasteiger partial charge in [0.05, 0.1) is 0 Å². The Kier molecular flexibility index (Phi) is 6.79. The molecular formula is C19H28N2O3. The monoisotopic (exact) mass is 332 g/mol. The van der Waals surface area contributed by atoms with E-state index in [4.69, 9.17) is 4.74 Å². The van der Waals surface area contributed by atoms with Crippen LogP contribution in [-0.2, 0) is 20.7 Å². The molecule has 2 amide bonds. The molecule has 0 fully saturated rings. The number of benzene rings is 1. The third-order valence-corrected chi connectivity index (χ3v) is 4.56. The molecule has 0 heterocycles. The fourth-order valence-electron chi connectivity index (χ4n) is 3.28. The summed E-state index contributed by atoms with van der Waals surface area (Å²) in [7, 11) is 1.46. The lowest BCUT2D eigenvalue weighted by atomic mass is 9.83. The highest BCUT2D eigenvalue weighted by atomic mass is 16.5. The van der Waals surface area contributed by atoms with Crippen molar-refractivity contribution in [2.75, 3.05) is 20.3 Å². The van der Waals surface area contributed by atoms with Crippen molar-refractivity contribution in [2.24, 2.45) is 5.92 Å². The predicted octanol–water partition coefficient (Wildman–Crippen LogP) is 2.01. The topological polar surface area (TPSA) is 67.4 Å². The van der Waals surface area contributed by atoms with E-state index in [0.717, 1.165) is 19.3 Å². The first kappa shape index (κ1) is 18.5. The van der Waals surface area contributed by atoms with Gasteiger partial charge in [0.15, 0.2) is 0 Å². The van der Waals surface area contributed by atoms with Crippen LogP contribution in [0.3, 0.4) is 0 Å². The Morgan fingerprint density at radius 2 is 2.04 bits per heavy atom. The number of carbonyl (C=O) groups is 2. The average Bonchev–Trinajstić information content (AvgIpc) is 2.57. The van der Waals surface area contributed by atoms with E-state index in [9.17, 15) is 9.59 Å². The van der Waals surface area contributed by atoms with Gasteiger partial charge in [0.25, 0.3) is 0 Å². The molecular weight excluding hydrogens is 304 g/mol. The van der Waals surface area contributed by atoms with Gasteiger partial charge in [0, 0.05) is 19.6 Å². The van der Waals surface area contributed by atoms with Gasteiger partial charge in [-0.25, -0.2) is 0 Å². The molecule has 0 aromatic heterocycles. The van der Waals surface area contributed by atoms with Crippen molar-refractivity contribution in [3.8, 4) is 0 Å². The van der Waals surface area contributed by atoms with E-state index in [2.05, 4.69) is 34.9 Å². The zero-order chi connectivity index (χ0) is 17.5. The van der Waals surface area contributed by atoms with Crippen molar-refractivity contribution in [3.05, 3.63) is 35.4 Å². The van der Waals surface area contributed by atoms with Gasteiger partial charge in [-0.15, -0.1) is 0 Å². The summed E-state index contributed by atoms with van der Waals surface area (Å²) in [6.07, 6.45) is 3.34. The van der Waals surface area contributed by atoms with Gasteiger partial charge >= 0.3 is 0 Å². The molecule has 1 aromatic carbocycles. The number of hydrogen-bond donors (Lipinski definition) is 2. The summed E-state index contributed by atoms with van der Waals surface area (Å²) >= 11 is 0. The molecule has 0 saturated heterocycles. The largest absolute Gasteiger partial charge is 0.375 e. The second kappa shape index (κ2) is 8.83. The number of nitrogens with one attached hydrogen (secondary N) is 2. The summed E-state index contributed by atoms with van der Waals surface area (Å²) in [4.78, 5) is 24.2. The second-order valence-corrected chi connectivity index (χ2v) is 6.76. The number of amides is 2. The number of methoxy groups -OCH3 is 1. The van der Waals surface area contributed by atoms with Crippen molar-refractivity contribution in [3.63, 3.8) is 0 Å². The fraction of sp³-hybridized carbons (Fsp3) is 0.579. The lowest BCUT2D eigenvalue weighted by Crippen LogP contribution is -2.51. The Labute approximate surface area is 144 Å². The molecule has 2 rings (SSSR count). The van der Waals surface area contributed by atoms with E-state index in [1.54, 1.807) is 0 Å². The van der Waals surface area contributed by atoms with E-state index >= 15 is 0 Å². The third kappa shape index (κ3) is 4.81. The molecule has 1 unspecified atom stereocenters. The molecule has 0 bridgehead atoms. The van der Waals surface area contributed by atoms with Crippen molar-refractivity contribution in [2.45, 2.75) is 45.1 Å². The highest BCUT2D eigenvalue weighted by Gasteiger charge is 2.26. The minimum Gasteiger partial charge on any atom is -0.375 e. The first-order chi connectivity index (χ1) is 11.5. The molecule has 5 heteroatoms. The lowest BCUT2D eigenvalue weighted by molar-refractivity contribution is -0.132. The number of aryl methyl sites for hydroxylation is 1. The molecule has 1 aromatic rings. The van der Waals surface area contributed by atoms with Crippen LogP contribution in [0.5, 0.6) is 0 Å². The molecule has 0 aliphatic heterocycles. The average molecular weight is 332 g/mol. The van der Waals surface area contributed by atoms with Gasteiger partial charge in [-0.1, -0.05) is 38.1 Å². The quantitative estimate of drug-likeness (QED) is 0.803. The van der Waals surface area contributed by atoms with Gasteiger partial charge in [-0.3, -0.25) is 9.59 Å². The van der Waals surface area contributed by atoms with Gasteiger partial charge < -0.3 is 15.4 Å². The van der Waals surface area contributed by atoms with Crippen LogP contribution in [0.15, 0.2) is 24.3 Å². The van der Waals surface area contributed by atoms with Crippen molar-refractivity contribution in [1.29, 1.82) is 0 Å². The van der Waals surface area contributed by atoms with Crippen LogP contribution < -0.4 is 10.6 Å². The Morgan fingerprint density at radius 3 is 2.75 bits per heavy atom. The maximum atomic E-state index is 12.5. The molecule has 5 nitrogen and oxygen atoms in total. The van der Waals surface area contributed by atoms with Gasteiger partial charge in [0.1, 0.15) is 12.6 Å². The van der Waals surface area contributed by atoms with Gasteiger partial charge in [-0.2, -0.15) is 0 Å². The minimum absolute atomic E-state index is 0.0180. The lowest BCUT2D eigenvalue weighted by Gasteiger charge is -2.27. The van der Waals surface area contributed by atoms with Crippen LogP contribution in [0.25, 0.3) is 0 Å². The van der Waals surface area contributed by atoms with Crippen LogP contribution in [0.1, 0.15) is 43.7 Å². The molecule has 0 spiro atoms. The van der Waals surface area contributed by atoms with Gasteiger partial charge in [0.2, 0.25) is 11.8 Å². The standard InChI is InChI=1S/C19H28N2O3/c1-13(2)18(21-17(22)12-24-3)19(23)20-11-15-9-6-8-14-7-4-5-10-16(14)15/h4-5,7,10,13,15,18H,6,8-9,11-12H2,1-3H3,(H,20,23)(H,21,22)/t15?,18-/m0/s1. The van der Waals surface area contributed by atoms with E-state index < -0.39 is 6.04 Å². The van der Waals surface area contributed by atoms with E-state index in [1.807, 2.05) is 13.8 Å². The SMILES string of the molecule is COCC(=O)N[C@H](C(=O)NCC1CCCc2ccccc21)C(C)C. The van der Waals surface area contributed by atoms with Crippen LogP contribution in [0.4, 0.5) is 0 Å². The molecule has 1 aliphatic rings. The van der Waals surface area contributed by atoms with Crippen molar-refractivity contribution >= 4 is 11.8 Å². The van der Waals surface area contributed by atoms with E-state index in [0.29, 0.717) is 12.5 Å². The molecule has 2 N–H and O–H groups in total. The number of rotatable bonds is 7. The normalized spacial score (nSPS) is 17.9. The molecule has 2 atom stereocenters. The van der Waals surface area contributed by atoms with Crippen LogP contribution >= 0.6 is 0 Å². The van der Waals surface area contributed by atoms with E-state index in [-0.39, 0.29) is 24.3 Å². The first-order valence-corrected chi connectivity index (χ1v) is 8.66. The van der Waals surface area contributed by atoms with Crippen LogP contribution in [0.2, 0.25) is 0 Å². The highest BCUT2D eigenvalue weighted by Crippen LogP contribution is 2.30. The summed E-state index contributed by atoms with van der Waals surface area (Å²) in [5.41, 5.74) is 2.73. The number of ether oxygens (including phenoxy) is 1. The Bertz CT molecular complexity index is 571. The summed E-state index contributed by atoms with van der Waals surface area (Å²) in [6, 6.07) is 7.92. The number of carbonyl (C=O) groups excluding carboxylic acids is 2. The Balaban J connectivity index is 1.95. The zero-order valence-corrected chi connectivity index (χ0v) is 14.8. The minimum atomic E-state index is -0.536. The van der Waals surface area contributed by atoms with Crippen molar-refractivity contribution < 1.29 is 14.3 Å². The maximum Gasteiger partial charge on any atom is 0.246 e. The van der Waals surface area contributed by atoms with Gasteiger partial charge in [-0.05, 0) is 36.3 Å². The smallest absolute Gasteiger partial charge is 0.246 e. The van der Waals surface area contributed by atoms with Crippen LogP contribution in [-0.4, -0.2) is 38.1 Å². The second-order valence-electron chi connectivity index (χ2n) is 6.76. The summed E-state index contributed by atoms with van der Waals surface area (Å²) < 4.78 is 4.81. The molecule has 132 valence electrons. The number of hydrogen-bond acceptors (Lipinski definition) is 3. The van der Waals surface area contributed by atoms with E-state index in [1.165, 1.54) is 18.2 Å². The molecule has 0 saturated carbocycles. The number of fused-ring (bicyclic) bond motifs is 1. The maximum absolute atomic E-state index is 12.5. The molecule has 1 aliphatic carbocycles. The Hall–Kier alpha value is -1.88. The molecule has 24 heavy (non-hydrogen) atoms. The zero-order valence-electron chi connectivity index (χ0n) is 14.8. The van der Waals surface area contributed by atoms with Crippen LogP contribution in [0, 0.1) is 5.92 Å². The fourth-order valence-corrected chi connectivity index (χ4v) is 3.28. The van der Waals surface area contributed by atoms with Crippen molar-refractivity contribution in [1.82, 2.24) is 10.6 Å². The summed E-state index contributed by atoms with van der Waals surface area (Å²) in [5.74, 6) is -0.0299. The third-order valence-electron chi connectivity index (χ3n) is 4.56. The molecule has 0 radical (unpaired) electrons. The summed E-state index contributed by atoms with van der Waals surface area (Å²) in [5, 5.41) is 5.78. The summed E-state index contributed by atoms with van der Waals surface area (Å²) in [6.45, 7) is 4.42. The Morgan fingerprint density at radius 1 is 1.29 bits per heavy atom. The highest BCUT2D eigenvalue weighted by molar-refractivity contribution is 5.88. The first-order valence-electron chi connectivity index (χ1n) is 8.66.